The number of rotatable bonds is 9. The van der Waals surface area contributed by atoms with Crippen molar-refractivity contribution in [2.45, 2.75) is 19.8 Å². The highest BCUT2D eigenvalue weighted by atomic mass is 32.2. The second-order valence-corrected chi connectivity index (χ2v) is 8.84. The van der Waals surface area contributed by atoms with Crippen molar-refractivity contribution in [1.29, 1.82) is 0 Å². The molecular formula is C22H28N2O7S. The maximum atomic E-state index is 13.0. The number of methoxy groups -OCH3 is 3. The van der Waals surface area contributed by atoms with Gasteiger partial charge in [-0.1, -0.05) is 6.07 Å². The molecule has 0 fully saturated rings. The number of carbonyl (C=O) groups is 2. The molecule has 0 spiro atoms. The summed E-state index contributed by atoms with van der Waals surface area (Å²) in [6.07, 6.45) is 1.10. The molecule has 0 atom stereocenters. The number of hydrogen-bond acceptors (Lipinski definition) is 7. The molecule has 0 aliphatic carbocycles. The van der Waals surface area contributed by atoms with Crippen LogP contribution in [0.1, 0.15) is 18.9 Å². The van der Waals surface area contributed by atoms with E-state index in [0.29, 0.717) is 28.5 Å². The average molecular weight is 465 g/mol. The van der Waals surface area contributed by atoms with Crippen molar-refractivity contribution in [3.63, 3.8) is 0 Å². The van der Waals surface area contributed by atoms with Crippen LogP contribution in [0.5, 0.6) is 17.2 Å². The summed E-state index contributed by atoms with van der Waals surface area (Å²) >= 11 is 0. The smallest absolute Gasteiger partial charge is 0.241 e. The van der Waals surface area contributed by atoms with E-state index in [4.69, 9.17) is 14.2 Å². The van der Waals surface area contributed by atoms with Crippen molar-refractivity contribution in [3.05, 3.63) is 42.0 Å². The van der Waals surface area contributed by atoms with Crippen LogP contribution in [0.3, 0.4) is 0 Å². The molecule has 0 N–H and O–H groups in total. The second-order valence-electron chi connectivity index (χ2n) is 7.01. The van der Waals surface area contributed by atoms with Crippen LogP contribution in [0.2, 0.25) is 0 Å². The number of ether oxygens (including phenoxy) is 3. The summed E-state index contributed by atoms with van der Waals surface area (Å²) in [6.45, 7) is 1.42. The van der Waals surface area contributed by atoms with Gasteiger partial charge < -0.3 is 19.1 Å². The van der Waals surface area contributed by atoms with Gasteiger partial charge in [-0.25, -0.2) is 12.7 Å². The van der Waals surface area contributed by atoms with Gasteiger partial charge in [0.15, 0.2) is 11.5 Å². The third kappa shape index (κ3) is 5.50. The molecule has 32 heavy (non-hydrogen) atoms. The van der Waals surface area contributed by atoms with Gasteiger partial charge in [-0.15, -0.1) is 0 Å². The van der Waals surface area contributed by atoms with Crippen molar-refractivity contribution in [1.82, 2.24) is 0 Å². The van der Waals surface area contributed by atoms with Gasteiger partial charge in [-0.3, -0.25) is 9.59 Å². The molecule has 10 heteroatoms. The Labute approximate surface area is 188 Å². The first-order chi connectivity index (χ1) is 15.0. The topological polar surface area (TPSA) is 102 Å². The Morgan fingerprint density at radius 3 is 1.91 bits per heavy atom. The van der Waals surface area contributed by atoms with Crippen molar-refractivity contribution in [2.75, 3.05) is 43.8 Å². The van der Waals surface area contributed by atoms with Gasteiger partial charge in [0.2, 0.25) is 27.6 Å². The molecule has 0 heterocycles. The molecule has 2 aromatic rings. The zero-order valence-corrected chi connectivity index (χ0v) is 19.9. The van der Waals surface area contributed by atoms with Crippen LogP contribution >= 0.6 is 0 Å². The molecule has 0 aromatic heterocycles. The van der Waals surface area contributed by atoms with Crippen LogP contribution in [-0.4, -0.2) is 54.9 Å². The predicted octanol–water partition coefficient (Wildman–Crippen LogP) is 2.62. The van der Waals surface area contributed by atoms with Crippen LogP contribution in [0.25, 0.3) is 0 Å². The van der Waals surface area contributed by atoms with E-state index in [9.17, 15) is 18.0 Å². The van der Waals surface area contributed by atoms with Gasteiger partial charge in [0.25, 0.3) is 0 Å². The maximum absolute atomic E-state index is 13.0. The monoisotopic (exact) mass is 464 g/mol. The Kier molecular flexibility index (Phi) is 8.09. The molecule has 9 nitrogen and oxygen atoms in total. The van der Waals surface area contributed by atoms with Crippen LogP contribution in [-0.2, 0) is 26.0 Å². The number of sulfonamides is 1. The maximum Gasteiger partial charge on any atom is 0.241 e. The fourth-order valence-electron chi connectivity index (χ4n) is 3.22. The number of carbonyl (C=O) groups excluding carboxylic acids is 2. The molecule has 2 aromatic carbocycles. The number of benzene rings is 2. The van der Waals surface area contributed by atoms with E-state index in [1.165, 1.54) is 45.3 Å². The van der Waals surface area contributed by atoms with E-state index < -0.39 is 15.9 Å². The molecule has 0 bridgehead atoms. The summed E-state index contributed by atoms with van der Waals surface area (Å²) in [6, 6.07) is 9.58. The van der Waals surface area contributed by atoms with Gasteiger partial charge in [-0.2, -0.15) is 0 Å². The van der Waals surface area contributed by atoms with Gasteiger partial charge in [0.1, 0.15) is 0 Å². The molecule has 0 aliphatic rings. The number of amides is 2. The zero-order valence-electron chi connectivity index (χ0n) is 19.0. The summed E-state index contributed by atoms with van der Waals surface area (Å²) < 4.78 is 41.6. The number of nitrogens with zero attached hydrogens (tertiary/aromatic N) is 2. The lowest BCUT2D eigenvalue weighted by atomic mass is 10.1. The lowest BCUT2D eigenvalue weighted by molar-refractivity contribution is -0.117. The largest absolute Gasteiger partial charge is 0.493 e. The molecule has 174 valence electrons. The Morgan fingerprint density at radius 1 is 0.875 bits per heavy atom. The molecule has 0 unspecified atom stereocenters. The summed E-state index contributed by atoms with van der Waals surface area (Å²) in [5.74, 6) is 0.523. The van der Waals surface area contributed by atoms with Crippen molar-refractivity contribution in [3.8, 4) is 17.2 Å². The van der Waals surface area contributed by atoms with Crippen molar-refractivity contribution in [2.24, 2.45) is 0 Å². The lowest BCUT2D eigenvalue weighted by Crippen LogP contribution is -2.36. The normalized spacial score (nSPS) is 10.9. The summed E-state index contributed by atoms with van der Waals surface area (Å²) in [7, 11) is 2.18. The third-order valence-electron chi connectivity index (χ3n) is 4.90. The molecule has 0 saturated heterocycles. The van der Waals surface area contributed by atoms with E-state index in [1.807, 2.05) is 0 Å². The Bertz CT molecular complexity index is 1080. The van der Waals surface area contributed by atoms with Crippen LogP contribution in [0.4, 0.5) is 11.4 Å². The molecule has 0 saturated carbocycles. The SMILES string of the molecule is COc1ccc(CCC(=O)N(c2ccc(N(C)C(C)=O)cc2)S(C)(=O)=O)c(OC)c1OC. The average Bonchev–Trinajstić information content (AvgIpc) is 2.75. The van der Waals surface area contributed by atoms with E-state index in [2.05, 4.69) is 0 Å². The number of hydrogen-bond donors (Lipinski definition) is 0. The highest BCUT2D eigenvalue weighted by Crippen LogP contribution is 2.40. The molecule has 0 radical (unpaired) electrons. The van der Waals surface area contributed by atoms with E-state index in [1.54, 1.807) is 31.3 Å². The van der Waals surface area contributed by atoms with E-state index in [0.717, 1.165) is 10.6 Å². The third-order valence-corrected chi connectivity index (χ3v) is 5.97. The van der Waals surface area contributed by atoms with Gasteiger partial charge in [0.05, 0.1) is 33.3 Å². The van der Waals surface area contributed by atoms with Gasteiger partial charge in [-0.05, 0) is 42.3 Å². The predicted molar refractivity (Wildman–Crippen MR) is 122 cm³/mol. The fourth-order valence-corrected chi connectivity index (χ4v) is 4.18. The van der Waals surface area contributed by atoms with Gasteiger partial charge in [0, 0.05) is 26.1 Å². The molecule has 0 aliphatic heterocycles. The Morgan fingerprint density at radius 2 is 1.44 bits per heavy atom. The quantitative estimate of drug-likeness (QED) is 0.562. The standard InChI is InChI=1S/C22H28N2O7S/c1-15(25)23(2)17-9-11-18(12-10-17)24(32(6,27)28)20(26)14-8-16-7-13-19(29-3)22(31-5)21(16)30-4/h7,9-13H,8,14H2,1-6H3. The minimum atomic E-state index is -3.88. The van der Waals surface area contributed by atoms with Crippen molar-refractivity contribution < 1.29 is 32.2 Å². The molecule has 2 amide bonds. The van der Waals surface area contributed by atoms with Crippen LogP contribution in [0, 0.1) is 0 Å². The minimum Gasteiger partial charge on any atom is -0.493 e. The number of aryl methyl sites for hydroxylation is 1. The van der Waals surface area contributed by atoms with Crippen LogP contribution in [0.15, 0.2) is 36.4 Å². The summed E-state index contributed by atoms with van der Waals surface area (Å²) in [5.41, 5.74) is 1.44. The van der Waals surface area contributed by atoms with E-state index in [-0.39, 0.29) is 24.4 Å². The van der Waals surface area contributed by atoms with Crippen LogP contribution < -0.4 is 23.4 Å². The first-order valence-corrected chi connectivity index (χ1v) is 11.5. The van der Waals surface area contributed by atoms with E-state index >= 15 is 0 Å². The summed E-state index contributed by atoms with van der Waals surface area (Å²) in [4.78, 5) is 25.9. The first-order valence-electron chi connectivity index (χ1n) is 9.70. The Balaban J connectivity index is 2.30. The Hall–Kier alpha value is -3.27. The van der Waals surface area contributed by atoms with Gasteiger partial charge >= 0.3 is 0 Å². The second kappa shape index (κ2) is 10.4. The highest BCUT2D eigenvalue weighted by Gasteiger charge is 2.26. The molecule has 2 rings (SSSR count). The fraction of sp³-hybridized carbons (Fsp3) is 0.364. The highest BCUT2D eigenvalue weighted by molar-refractivity contribution is 7.92. The van der Waals surface area contributed by atoms with Crippen molar-refractivity contribution >= 4 is 33.2 Å². The zero-order chi connectivity index (χ0) is 24.1. The number of anilines is 2. The summed E-state index contributed by atoms with van der Waals surface area (Å²) in [5, 5.41) is 0. The lowest BCUT2D eigenvalue weighted by Gasteiger charge is -2.22. The molecular weight excluding hydrogens is 436 g/mol. The minimum absolute atomic E-state index is 0.0893. The first kappa shape index (κ1) is 25.0.